The Morgan fingerprint density at radius 1 is 0.923 bits per heavy atom. The van der Waals surface area contributed by atoms with E-state index in [-0.39, 0.29) is 11.0 Å². The highest BCUT2D eigenvalue weighted by Crippen LogP contribution is 2.11. The lowest BCUT2D eigenvalue weighted by Crippen LogP contribution is -2.29. The fourth-order valence-electron chi connectivity index (χ4n) is 0.827. The summed E-state index contributed by atoms with van der Waals surface area (Å²) >= 11 is 0. The third-order valence-corrected chi connectivity index (χ3v) is 1.25. The van der Waals surface area contributed by atoms with Crippen molar-refractivity contribution >= 4 is 12.7 Å². The van der Waals surface area contributed by atoms with Gasteiger partial charge in [-0.1, -0.05) is 35.8 Å². The van der Waals surface area contributed by atoms with Crippen molar-refractivity contribution < 1.29 is 24.1 Å². The van der Waals surface area contributed by atoms with Gasteiger partial charge in [0.25, 0.3) is 7.28 Å². The smallest absolute Gasteiger partial charge is 0.347 e. The molecule has 2 nitrogen and oxygen atoms in total. The summed E-state index contributed by atoms with van der Waals surface area (Å²) in [4.78, 5) is 0. The van der Waals surface area contributed by atoms with Crippen LogP contribution in [0.1, 0.15) is 0 Å². The molecule has 0 heterocycles. The highest BCUT2D eigenvalue weighted by molar-refractivity contribution is 6.55. The topological polar surface area (TPSA) is 63.0 Å². The van der Waals surface area contributed by atoms with Crippen LogP contribution in [0, 0.1) is 0 Å². The van der Waals surface area contributed by atoms with Crippen LogP contribution in [0.3, 0.4) is 0 Å². The van der Waals surface area contributed by atoms with Gasteiger partial charge in [-0.2, -0.15) is 13.2 Å². The predicted molar refractivity (Wildman–Crippen MR) is 46.5 cm³/mol. The first kappa shape index (κ1) is 14.5. The largest absolute Gasteiger partial charge is 0.412 e. The lowest BCUT2D eigenvalue weighted by atomic mass is 9.70. The van der Waals surface area contributed by atoms with E-state index in [1.54, 1.807) is 18.2 Å². The fourth-order valence-corrected chi connectivity index (χ4v) is 0.827. The molecule has 0 saturated carbocycles. The average Bonchev–Trinajstić information content (AvgIpc) is 1.85. The summed E-state index contributed by atoms with van der Waals surface area (Å²) < 4.78 is 35.2. The molecule has 0 saturated heterocycles. The van der Waals surface area contributed by atoms with Gasteiger partial charge in [-0.05, 0) is 0 Å². The minimum absolute atomic E-state index is 0. The quantitative estimate of drug-likeness (QED) is 0.547. The van der Waals surface area contributed by atoms with Gasteiger partial charge in [-0.15, -0.1) is 0 Å². The number of alkyl halides is 3. The Hall–Kier alpha value is -1.01. The average molecular weight is 194 g/mol. The predicted octanol–water partition coefficient (Wildman–Crippen LogP) is -0.381. The van der Waals surface area contributed by atoms with Crippen LogP contribution in [0.2, 0.25) is 0 Å². The van der Waals surface area contributed by atoms with E-state index in [9.17, 15) is 13.2 Å². The molecule has 0 bridgehead atoms. The fraction of sp³-hybridized carbons (Fsp3) is 0.143. The van der Waals surface area contributed by atoms with E-state index >= 15 is 0 Å². The Bertz CT molecular complexity index is 225. The van der Waals surface area contributed by atoms with E-state index in [4.69, 9.17) is 0 Å². The zero-order valence-electron chi connectivity index (χ0n) is 6.73. The van der Waals surface area contributed by atoms with Crippen molar-refractivity contribution in [3.63, 3.8) is 0 Å². The van der Waals surface area contributed by atoms with Crippen LogP contribution >= 0.6 is 0 Å². The van der Waals surface area contributed by atoms with Gasteiger partial charge in [0, 0.05) is 0 Å². The molecule has 0 aliphatic carbocycles. The highest BCUT2D eigenvalue weighted by Gasteiger charge is 2.28. The second-order valence-electron chi connectivity index (χ2n) is 2.28. The van der Waals surface area contributed by atoms with Crippen LogP contribution in [0.4, 0.5) is 13.2 Å². The maximum Gasteiger partial charge on any atom is 0.347 e. The highest BCUT2D eigenvalue weighted by atomic mass is 19.4. The van der Waals surface area contributed by atoms with E-state index in [2.05, 4.69) is 0 Å². The van der Waals surface area contributed by atoms with Crippen LogP contribution in [0.15, 0.2) is 30.3 Å². The van der Waals surface area contributed by atoms with Gasteiger partial charge in [0.2, 0.25) is 0 Å². The molecule has 0 spiro atoms. The van der Waals surface area contributed by atoms with Crippen LogP contribution < -0.4 is 5.46 Å². The standard InChI is InChI=1S/C7H6BF3.2H2O/c9-7(10,11)8-6-4-2-1-3-5-6;;/h1-5,8H;2*1H2. The summed E-state index contributed by atoms with van der Waals surface area (Å²) in [7, 11) is -0.839. The van der Waals surface area contributed by atoms with Crippen molar-refractivity contribution in [3.05, 3.63) is 30.3 Å². The summed E-state index contributed by atoms with van der Waals surface area (Å²) in [5, 5.41) is 0. The van der Waals surface area contributed by atoms with Crippen molar-refractivity contribution in [1.29, 1.82) is 0 Å². The molecule has 0 aromatic heterocycles. The molecule has 0 aliphatic heterocycles. The molecule has 0 radical (unpaired) electrons. The summed E-state index contributed by atoms with van der Waals surface area (Å²) in [5.74, 6) is 0. The first-order valence-electron chi connectivity index (χ1n) is 3.18. The third kappa shape index (κ3) is 6.18. The maximum atomic E-state index is 11.7. The second-order valence-corrected chi connectivity index (χ2v) is 2.28. The zero-order chi connectivity index (χ0) is 8.32. The Morgan fingerprint density at radius 2 is 1.38 bits per heavy atom. The number of hydrogen-bond acceptors (Lipinski definition) is 0. The molecule has 6 heteroatoms. The van der Waals surface area contributed by atoms with Crippen molar-refractivity contribution in [2.24, 2.45) is 0 Å². The summed E-state index contributed by atoms with van der Waals surface area (Å²) in [5.41, 5.74) is 0.306. The van der Waals surface area contributed by atoms with Gasteiger partial charge >= 0.3 is 6.08 Å². The van der Waals surface area contributed by atoms with Gasteiger partial charge in [0.15, 0.2) is 0 Å². The number of benzene rings is 1. The minimum Gasteiger partial charge on any atom is -0.412 e. The van der Waals surface area contributed by atoms with Crippen LogP contribution in [0.25, 0.3) is 0 Å². The molecule has 1 rings (SSSR count). The number of halogens is 3. The Morgan fingerprint density at radius 3 is 1.77 bits per heavy atom. The Kier molecular flexibility index (Phi) is 6.26. The van der Waals surface area contributed by atoms with Crippen molar-refractivity contribution in [2.45, 2.75) is 6.08 Å². The molecule has 13 heavy (non-hydrogen) atoms. The van der Waals surface area contributed by atoms with E-state index < -0.39 is 13.4 Å². The lowest BCUT2D eigenvalue weighted by Gasteiger charge is -2.02. The van der Waals surface area contributed by atoms with E-state index in [0.717, 1.165) is 0 Å². The summed E-state index contributed by atoms with van der Waals surface area (Å²) in [6.45, 7) is 0. The molecule has 0 aliphatic rings. The first-order chi connectivity index (χ1) is 5.08. The molecule has 1 aromatic carbocycles. The van der Waals surface area contributed by atoms with Crippen molar-refractivity contribution in [3.8, 4) is 0 Å². The van der Waals surface area contributed by atoms with Crippen molar-refractivity contribution in [1.82, 2.24) is 0 Å². The van der Waals surface area contributed by atoms with E-state index in [1.165, 1.54) is 12.1 Å². The Balaban J connectivity index is 0. The summed E-state index contributed by atoms with van der Waals surface area (Å²) in [6.07, 6.45) is -4.10. The van der Waals surface area contributed by atoms with Gasteiger partial charge in [-0.25, -0.2) is 0 Å². The normalized spacial score (nSPS) is 9.46. The molecule has 74 valence electrons. The van der Waals surface area contributed by atoms with E-state index in [0.29, 0.717) is 5.46 Å². The molecule has 1 aromatic rings. The van der Waals surface area contributed by atoms with E-state index in [1.807, 2.05) is 0 Å². The molecule has 0 fully saturated rings. The lowest BCUT2D eigenvalue weighted by molar-refractivity contribution is -0.0455. The Labute approximate surface area is 74.2 Å². The maximum absolute atomic E-state index is 11.7. The second kappa shape index (κ2) is 5.61. The van der Waals surface area contributed by atoms with Gasteiger partial charge in [0.1, 0.15) is 0 Å². The number of hydrogen-bond donors (Lipinski definition) is 0. The van der Waals surface area contributed by atoms with Crippen LogP contribution in [-0.4, -0.2) is 24.3 Å². The third-order valence-electron chi connectivity index (χ3n) is 1.25. The molecule has 4 N–H and O–H groups in total. The van der Waals surface area contributed by atoms with Gasteiger partial charge in [-0.3, -0.25) is 0 Å². The first-order valence-corrected chi connectivity index (χ1v) is 3.18. The molecule has 0 unspecified atom stereocenters. The zero-order valence-corrected chi connectivity index (χ0v) is 6.73. The SMILES string of the molecule is FC(F)(F)Bc1ccccc1.O.O. The molecule has 0 amide bonds. The molecular formula is C7H10BF3O2. The molecule has 0 atom stereocenters. The monoisotopic (exact) mass is 194 g/mol. The van der Waals surface area contributed by atoms with Crippen LogP contribution in [-0.2, 0) is 0 Å². The molecular weight excluding hydrogens is 184 g/mol. The van der Waals surface area contributed by atoms with Crippen LogP contribution in [0.5, 0.6) is 0 Å². The summed E-state index contributed by atoms with van der Waals surface area (Å²) in [6, 6.07) is 7.82. The van der Waals surface area contributed by atoms with Gasteiger partial charge in [0.05, 0.1) is 0 Å². The minimum atomic E-state index is -4.10. The van der Waals surface area contributed by atoms with Gasteiger partial charge < -0.3 is 11.0 Å². The van der Waals surface area contributed by atoms with Crippen molar-refractivity contribution in [2.75, 3.05) is 0 Å². The number of rotatable bonds is 1.